The third kappa shape index (κ3) is 3.64. The Bertz CT molecular complexity index is 848. The maximum atomic E-state index is 13.1. The number of fused-ring (bicyclic) bond motifs is 1. The van der Waals surface area contributed by atoms with E-state index in [1.165, 1.54) is 31.8 Å². The first-order valence-electron chi connectivity index (χ1n) is 9.28. The second-order valence-electron chi connectivity index (χ2n) is 7.33. The predicted octanol–water partition coefficient (Wildman–Crippen LogP) is 2.06. The van der Waals surface area contributed by atoms with E-state index in [0.29, 0.717) is 49.0 Å². The number of carbonyl (C=O) groups is 1. The summed E-state index contributed by atoms with van der Waals surface area (Å²) in [4.78, 5) is 22.3. The highest BCUT2D eigenvalue weighted by Crippen LogP contribution is 2.39. The van der Waals surface area contributed by atoms with Crippen molar-refractivity contribution in [2.75, 3.05) is 25.1 Å². The molecule has 28 heavy (non-hydrogen) atoms. The van der Waals surface area contributed by atoms with Gasteiger partial charge in [-0.3, -0.25) is 0 Å². The highest BCUT2D eigenvalue weighted by molar-refractivity contribution is 5.94. The molecule has 1 aromatic heterocycles. The summed E-state index contributed by atoms with van der Waals surface area (Å²) in [6, 6.07) is 5.82. The number of hydrogen-bond acceptors (Lipinski definition) is 7. The summed E-state index contributed by atoms with van der Waals surface area (Å²) in [7, 11) is 1.33. The number of ether oxygens (including phenoxy) is 2. The average Bonchev–Trinajstić information content (AvgIpc) is 3.12. The number of anilines is 1. The van der Waals surface area contributed by atoms with E-state index in [4.69, 9.17) is 9.47 Å². The molecule has 0 bridgehead atoms. The van der Waals surface area contributed by atoms with Crippen molar-refractivity contribution >= 4 is 11.8 Å². The van der Waals surface area contributed by atoms with E-state index in [0.717, 1.165) is 0 Å². The van der Waals surface area contributed by atoms with E-state index in [9.17, 15) is 14.3 Å². The van der Waals surface area contributed by atoms with Gasteiger partial charge < -0.3 is 19.5 Å². The molecule has 0 radical (unpaired) electrons. The molecule has 8 heteroatoms. The summed E-state index contributed by atoms with van der Waals surface area (Å²) in [6.07, 6.45) is 3.21. The number of halogens is 1. The zero-order valence-corrected chi connectivity index (χ0v) is 15.5. The van der Waals surface area contributed by atoms with Crippen molar-refractivity contribution in [3.05, 3.63) is 48.2 Å². The lowest BCUT2D eigenvalue weighted by atomic mass is 9.78. The summed E-state index contributed by atoms with van der Waals surface area (Å²) in [5, 5.41) is 10.6. The molecule has 0 unspecified atom stereocenters. The van der Waals surface area contributed by atoms with E-state index < -0.39 is 12.1 Å². The van der Waals surface area contributed by atoms with Crippen LogP contribution in [-0.2, 0) is 4.74 Å². The number of esters is 1. The molecule has 2 aromatic rings. The largest absolute Gasteiger partial charge is 0.488 e. The van der Waals surface area contributed by atoms with Crippen LogP contribution in [0.15, 0.2) is 36.8 Å². The number of rotatable bonds is 4. The molecular weight excluding hydrogens is 365 g/mol. The van der Waals surface area contributed by atoms with Gasteiger partial charge in [0.25, 0.3) is 0 Å². The second-order valence-corrected chi connectivity index (χ2v) is 7.33. The predicted molar refractivity (Wildman–Crippen MR) is 98.6 cm³/mol. The first-order valence-corrected chi connectivity index (χ1v) is 9.28. The Morgan fingerprint density at radius 1 is 1.21 bits per heavy atom. The molecule has 2 fully saturated rings. The highest BCUT2D eigenvalue weighted by atomic mass is 19.1. The molecule has 2 heterocycles. The van der Waals surface area contributed by atoms with Gasteiger partial charge in [0.15, 0.2) is 0 Å². The minimum atomic E-state index is -0.600. The monoisotopic (exact) mass is 387 g/mol. The van der Waals surface area contributed by atoms with Crippen molar-refractivity contribution < 1.29 is 23.8 Å². The van der Waals surface area contributed by atoms with Crippen molar-refractivity contribution in [2.45, 2.75) is 25.0 Å². The lowest BCUT2D eigenvalue weighted by molar-refractivity contribution is -0.0231. The summed E-state index contributed by atoms with van der Waals surface area (Å²) < 4.78 is 23.8. The van der Waals surface area contributed by atoms with Crippen LogP contribution in [0, 0.1) is 17.7 Å². The molecule has 148 valence electrons. The van der Waals surface area contributed by atoms with Crippen molar-refractivity contribution in [1.82, 2.24) is 9.97 Å². The maximum Gasteiger partial charge on any atom is 0.343 e. The van der Waals surface area contributed by atoms with Crippen LogP contribution in [0.1, 0.15) is 23.2 Å². The second kappa shape index (κ2) is 7.71. The van der Waals surface area contributed by atoms with Gasteiger partial charge in [0.05, 0.1) is 13.2 Å². The molecule has 1 aliphatic heterocycles. The summed E-state index contributed by atoms with van der Waals surface area (Å²) in [5.41, 5.74) is 0.336. The number of aliphatic hydroxyl groups excluding tert-OH is 1. The van der Waals surface area contributed by atoms with Crippen LogP contribution in [0.5, 0.6) is 5.75 Å². The number of benzene rings is 1. The summed E-state index contributed by atoms with van der Waals surface area (Å²) in [6.45, 7) is 1.41. The zero-order chi connectivity index (χ0) is 19.7. The van der Waals surface area contributed by atoms with E-state index in [1.54, 1.807) is 12.1 Å². The maximum absolute atomic E-state index is 13.1. The standard InChI is InChI=1S/C20H22FN3O4/c1-27-20(26)16-8-22-11-23-19(16)24-9-12-6-17(25)18(7-13(12)10-24)28-15-4-2-14(21)3-5-15/h2-5,8,11-13,17-18,25H,6-7,9-10H2,1H3/t12-,13+,17+,18+/m0/s1. The minimum absolute atomic E-state index is 0.281. The fourth-order valence-electron chi connectivity index (χ4n) is 4.21. The van der Waals surface area contributed by atoms with Crippen LogP contribution in [0.3, 0.4) is 0 Å². The number of aliphatic hydroxyl groups is 1. The smallest absolute Gasteiger partial charge is 0.343 e. The molecule has 7 nitrogen and oxygen atoms in total. The van der Waals surface area contributed by atoms with Crippen molar-refractivity contribution in [3.63, 3.8) is 0 Å². The Morgan fingerprint density at radius 2 is 1.93 bits per heavy atom. The van der Waals surface area contributed by atoms with Crippen LogP contribution in [-0.4, -0.2) is 53.5 Å². The third-order valence-corrected chi connectivity index (χ3v) is 5.58. The topological polar surface area (TPSA) is 84.8 Å². The van der Waals surface area contributed by atoms with Gasteiger partial charge in [-0.25, -0.2) is 19.2 Å². The lowest BCUT2D eigenvalue weighted by Crippen LogP contribution is -2.42. The first kappa shape index (κ1) is 18.6. The van der Waals surface area contributed by atoms with E-state index in [-0.39, 0.29) is 17.8 Å². The van der Waals surface area contributed by atoms with Gasteiger partial charge in [0, 0.05) is 19.3 Å². The Balaban J connectivity index is 1.47. The first-order chi connectivity index (χ1) is 13.5. The van der Waals surface area contributed by atoms with Crippen LogP contribution in [0.4, 0.5) is 10.2 Å². The van der Waals surface area contributed by atoms with Gasteiger partial charge in [-0.1, -0.05) is 0 Å². The fraction of sp³-hybridized carbons (Fsp3) is 0.450. The molecule has 1 aliphatic carbocycles. The van der Waals surface area contributed by atoms with Gasteiger partial charge in [0.1, 0.15) is 35.4 Å². The molecular formula is C20H22FN3O4. The van der Waals surface area contributed by atoms with Gasteiger partial charge >= 0.3 is 5.97 Å². The number of nitrogens with zero attached hydrogens (tertiary/aromatic N) is 3. The minimum Gasteiger partial charge on any atom is -0.488 e. The van der Waals surface area contributed by atoms with E-state index in [2.05, 4.69) is 14.9 Å². The van der Waals surface area contributed by atoms with Gasteiger partial charge in [-0.15, -0.1) is 0 Å². The van der Waals surface area contributed by atoms with Gasteiger partial charge in [0.2, 0.25) is 0 Å². The average molecular weight is 387 g/mol. The van der Waals surface area contributed by atoms with Crippen molar-refractivity contribution in [2.24, 2.45) is 11.8 Å². The number of methoxy groups -OCH3 is 1. The van der Waals surface area contributed by atoms with Crippen LogP contribution in [0.25, 0.3) is 0 Å². The molecule has 1 aromatic carbocycles. The molecule has 0 amide bonds. The fourth-order valence-corrected chi connectivity index (χ4v) is 4.21. The van der Waals surface area contributed by atoms with Crippen LogP contribution < -0.4 is 9.64 Å². The van der Waals surface area contributed by atoms with Crippen molar-refractivity contribution in [1.29, 1.82) is 0 Å². The van der Waals surface area contributed by atoms with Crippen molar-refractivity contribution in [3.8, 4) is 5.75 Å². The third-order valence-electron chi connectivity index (χ3n) is 5.58. The number of aromatic nitrogens is 2. The summed E-state index contributed by atoms with van der Waals surface area (Å²) in [5.74, 6) is 0.888. The van der Waals surface area contributed by atoms with Gasteiger partial charge in [-0.2, -0.15) is 0 Å². The normalized spacial score (nSPS) is 26.6. The molecule has 2 aliphatic rings. The molecule has 0 spiro atoms. The SMILES string of the molecule is COC(=O)c1cncnc1N1C[C@H]2C[C@@H](Oc3ccc(F)cc3)[C@H](O)C[C@H]2C1. The molecule has 4 rings (SSSR count). The Hall–Kier alpha value is -2.74. The Morgan fingerprint density at radius 3 is 2.64 bits per heavy atom. The zero-order valence-electron chi connectivity index (χ0n) is 15.5. The molecule has 1 saturated heterocycles. The quantitative estimate of drug-likeness (QED) is 0.804. The summed E-state index contributed by atoms with van der Waals surface area (Å²) >= 11 is 0. The van der Waals surface area contributed by atoms with Crippen LogP contribution >= 0.6 is 0 Å². The van der Waals surface area contributed by atoms with Crippen LogP contribution in [0.2, 0.25) is 0 Å². The Kier molecular flexibility index (Phi) is 5.13. The molecule has 1 saturated carbocycles. The molecule has 1 N–H and O–H groups in total. The highest BCUT2D eigenvalue weighted by Gasteiger charge is 2.43. The number of carbonyl (C=O) groups excluding carboxylic acids is 1. The van der Waals surface area contributed by atoms with Gasteiger partial charge in [-0.05, 0) is 48.9 Å². The van der Waals surface area contributed by atoms with E-state index >= 15 is 0 Å². The Labute approximate surface area is 162 Å². The number of hydrogen-bond donors (Lipinski definition) is 1. The lowest BCUT2D eigenvalue weighted by Gasteiger charge is -2.35. The molecule has 4 atom stereocenters. The van der Waals surface area contributed by atoms with E-state index in [1.807, 2.05) is 0 Å².